The predicted molar refractivity (Wildman–Crippen MR) is 103 cm³/mol. The van der Waals surface area contributed by atoms with Crippen LogP contribution in [0.25, 0.3) is 5.82 Å². The summed E-state index contributed by atoms with van der Waals surface area (Å²) in [7, 11) is 0. The lowest BCUT2D eigenvalue weighted by atomic mass is 9.89. The molecule has 1 fully saturated rings. The van der Waals surface area contributed by atoms with Crippen molar-refractivity contribution < 1.29 is 4.74 Å². The molecule has 0 radical (unpaired) electrons. The predicted octanol–water partition coefficient (Wildman–Crippen LogP) is 5.11. The number of aryl methyl sites for hydroxylation is 2. The molecule has 0 aromatic carbocycles. The van der Waals surface area contributed by atoms with E-state index in [-0.39, 0.29) is 5.41 Å². The molecule has 0 spiro atoms. The summed E-state index contributed by atoms with van der Waals surface area (Å²) < 4.78 is 10.6. The summed E-state index contributed by atoms with van der Waals surface area (Å²) >= 11 is 0. The van der Waals surface area contributed by atoms with Crippen molar-refractivity contribution >= 4 is 0 Å². The first-order valence-corrected chi connectivity index (χ1v) is 9.68. The van der Waals surface area contributed by atoms with Crippen LogP contribution >= 0.6 is 0 Å². The first-order chi connectivity index (χ1) is 11.8. The average Bonchev–Trinajstić information content (AvgIpc) is 3.05. The van der Waals surface area contributed by atoms with Crippen LogP contribution in [0.3, 0.4) is 0 Å². The summed E-state index contributed by atoms with van der Waals surface area (Å²) in [6.45, 7) is 14.1. The summed E-state index contributed by atoms with van der Waals surface area (Å²) in [5.74, 6) is 1.20. The van der Waals surface area contributed by atoms with Crippen molar-refractivity contribution in [3.05, 3.63) is 35.3 Å². The molecule has 4 nitrogen and oxygen atoms in total. The van der Waals surface area contributed by atoms with Crippen LogP contribution in [0.15, 0.2) is 18.2 Å². The van der Waals surface area contributed by atoms with Crippen LogP contribution in [0.5, 0.6) is 0 Å². The van der Waals surface area contributed by atoms with Crippen molar-refractivity contribution in [1.29, 1.82) is 0 Å². The van der Waals surface area contributed by atoms with Crippen LogP contribution in [0.4, 0.5) is 0 Å². The Labute approximate surface area is 152 Å². The van der Waals surface area contributed by atoms with Crippen LogP contribution in [-0.2, 0) is 10.2 Å². The van der Waals surface area contributed by atoms with Gasteiger partial charge >= 0.3 is 0 Å². The highest BCUT2D eigenvalue weighted by molar-refractivity contribution is 5.36. The molecule has 0 amide bonds. The number of unbranched alkanes of at least 4 members (excludes halogenated alkanes) is 1. The molecule has 25 heavy (non-hydrogen) atoms. The quantitative estimate of drug-likeness (QED) is 0.683. The van der Waals surface area contributed by atoms with Crippen LogP contribution in [-0.4, -0.2) is 27.1 Å². The molecule has 0 saturated heterocycles. The number of rotatable bonds is 6. The molecule has 0 bridgehead atoms. The first-order valence-electron chi connectivity index (χ1n) is 9.68. The fourth-order valence-corrected chi connectivity index (χ4v) is 3.48. The third kappa shape index (κ3) is 3.69. The molecule has 138 valence electrons. The van der Waals surface area contributed by atoms with Gasteiger partial charge in [-0.3, -0.25) is 0 Å². The van der Waals surface area contributed by atoms with E-state index in [9.17, 15) is 0 Å². The lowest BCUT2D eigenvalue weighted by molar-refractivity contribution is -0.0298. The first kappa shape index (κ1) is 18.2. The molecular weight excluding hydrogens is 310 g/mol. The van der Waals surface area contributed by atoms with E-state index in [1.54, 1.807) is 0 Å². The Morgan fingerprint density at radius 3 is 2.36 bits per heavy atom. The van der Waals surface area contributed by atoms with Gasteiger partial charge in [-0.05, 0) is 45.2 Å². The van der Waals surface area contributed by atoms with Gasteiger partial charge in [0, 0.05) is 29.5 Å². The summed E-state index contributed by atoms with van der Waals surface area (Å²) in [4.78, 5) is 0. The van der Waals surface area contributed by atoms with Gasteiger partial charge in [0.1, 0.15) is 5.82 Å². The highest BCUT2D eigenvalue weighted by atomic mass is 16.5. The second-order valence-electron chi connectivity index (χ2n) is 8.51. The molecule has 0 N–H and O–H groups in total. The number of hydrogen-bond donors (Lipinski definition) is 0. The average molecular weight is 344 g/mol. The van der Waals surface area contributed by atoms with E-state index < -0.39 is 0 Å². The topological polar surface area (TPSA) is 32.0 Å². The Bertz CT molecular complexity index is 695. The number of aromatic nitrogens is 3. The van der Waals surface area contributed by atoms with Gasteiger partial charge in [-0.15, -0.1) is 0 Å². The van der Waals surface area contributed by atoms with Crippen molar-refractivity contribution in [2.24, 2.45) is 0 Å². The van der Waals surface area contributed by atoms with Gasteiger partial charge < -0.3 is 9.30 Å². The second-order valence-corrected chi connectivity index (χ2v) is 8.51. The number of nitrogens with zero attached hydrogens (tertiary/aromatic N) is 3. The minimum Gasteiger partial charge on any atom is -0.378 e. The summed E-state index contributed by atoms with van der Waals surface area (Å²) in [5, 5.41) is 5.01. The number of hydrogen-bond acceptors (Lipinski definition) is 2. The van der Waals surface area contributed by atoms with E-state index in [0.29, 0.717) is 12.1 Å². The Kier molecular flexibility index (Phi) is 5.10. The lowest BCUT2D eigenvalue weighted by Gasteiger charge is -2.36. The minimum atomic E-state index is 0.0513. The normalized spacial score (nSPS) is 20.7. The van der Waals surface area contributed by atoms with Crippen molar-refractivity contribution in [2.45, 2.75) is 84.8 Å². The van der Waals surface area contributed by atoms with Gasteiger partial charge in [-0.25, -0.2) is 4.68 Å². The maximum absolute atomic E-state index is 5.97. The molecule has 2 aromatic heterocycles. The molecule has 2 aromatic rings. The van der Waals surface area contributed by atoms with Gasteiger partial charge in [0.15, 0.2) is 0 Å². The zero-order chi connectivity index (χ0) is 18.2. The third-order valence-corrected chi connectivity index (χ3v) is 5.25. The molecule has 2 heterocycles. The maximum Gasteiger partial charge on any atom is 0.135 e. The molecule has 3 rings (SSSR count). The van der Waals surface area contributed by atoms with Crippen molar-refractivity contribution in [3.63, 3.8) is 0 Å². The fourth-order valence-electron chi connectivity index (χ4n) is 3.48. The van der Waals surface area contributed by atoms with Gasteiger partial charge in [-0.1, -0.05) is 34.1 Å². The third-order valence-electron chi connectivity index (χ3n) is 5.25. The highest BCUT2D eigenvalue weighted by Crippen LogP contribution is 2.38. The molecule has 1 aliphatic carbocycles. The Morgan fingerprint density at radius 1 is 1.16 bits per heavy atom. The van der Waals surface area contributed by atoms with E-state index in [1.807, 2.05) is 0 Å². The van der Waals surface area contributed by atoms with Crippen LogP contribution in [0, 0.1) is 13.8 Å². The number of ether oxygens (including phenoxy) is 1. The summed E-state index contributed by atoms with van der Waals surface area (Å²) in [5.41, 5.74) is 3.73. The van der Waals surface area contributed by atoms with E-state index in [4.69, 9.17) is 9.84 Å². The Hall–Kier alpha value is -1.55. The lowest BCUT2D eigenvalue weighted by Crippen LogP contribution is -2.35. The Balaban J connectivity index is 1.85. The van der Waals surface area contributed by atoms with Gasteiger partial charge in [0.25, 0.3) is 0 Å². The van der Waals surface area contributed by atoms with Crippen LogP contribution < -0.4 is 0 Å². The van der Waals surface area contributed by atoms with Crippen LogP contribution in [0.2, 0.25) is 0 Å². The monoisotopic (exact) mass is 343 g/mol. The van der Waals surface area contributed by atoms with Crippen molar-refractivity contribution in [3.8, 4) is 5.82 Å². The molecule has 0 aliphatic heterocycles. The zero-order valence-corrected chi connectivity index (χ0v) is 16.7. The molecule has 4 heteroatoms. The van der Waals surface area contributed by atoms with Gasteiger partial charge in [0.05, 0.1) is 17.8 Å². The Morgan fingerprint density at radius 2 is 1.80 bits per heavy atom. The van der Waals surface area contributed by atoms with Crippen LogP contribution in [0.1, 0.15) is 76.5 Å². The molecule has 1 saturated carbocycles. The van der Waals surface area contributed by atoms with Gasteiger partial charge in [-0.2, -0.15) is 5.10 Å². The molecule has 1 aliphatic rings. The maximum atomic E-state index is 5.97. The van der Waals surface area contributed by atoms with E-state index in [0.717, 1.165) is 31.6 Å². The largest absolute Gasteiger partial charge is 0.378 e. The highest BCUT2D eigenvalue weighted by Gasteiger charge is 2.35. The standard InChI is InChI=1S/C21H33N3O/c1-7-8-11-25-18-12-17(13-18)24-20(14-19(22-24)21(4,5)6)23-15(2)9-10-16(23)3/h9-10,14,17-18H,7-8,11-13H2,1-6H3. The minimum absolute atomic E-state index is 0.0513. The smallest absolute Gasteiger partial charge is 0.135 e. The zero-order valence-electron chi connectivity index (χ0n) is 16.7. The van der Waals surface area contributed by atoms with E-state index in [2.05, 4.69) is 69.0 Å². The summed E-state index contributed by atoms with van der Waals surface area (Å²) in [6.07, 6.45) is 4.89. The molecule has 0 unspecified atom stereocenters. The van der Waals surface area contributed by atoms with Crippen molar-refractivity contribution in [1.82, 2.24) is 14.3 Å². The molecular formula is C21H33N3O. The van der Waals surface area contributed by atoms with Crippen molar-refractivity contribution in [2.75, 3.05) is 6.61 Å². The van der Waals surface area contributed by atoms with E-state index >= 15 is 0 Å². The molecule has 0 atom stereocenters. The SMILES string of the molecule is CCCCOC1CC(n2nc(C(C)(C)C)cc2-n2c(C)ccc2C)C1. The second kappa shape index (κ2) is 6.99. The fraction of sp³-hybridized carbons (Fsp3) is 0.667. The van der Waals surface area contributed by atoms with E-state index in [1.165, 1.54) is 23.6 Å². The summed E-state index contributed by atoms with van der Waals surface area (Å²) in [6, 6.07) is 7.08. The van der Waals surface area contributed by atoms with Gasteiger partial charge in [0.2, 0.25) is 0 Å².